The number of fused-ring (bicyclic) bond motifs is 1. The predicted molar refractivity (Wildman–Crippen MR) is 110 cm³/mol. The van der Waals surface area contributed by atoms with Crippen molar-refractivity contribution >= 4 is 54.6 Å². The smallest absolute Gasteiger partial charge is 0.195 e. The Morgan fingerprint density at radius 1 is 0.538 bits per heavy atom. The summed E-state index contributed by atoms with van der Waals surface area (Å²) in [6.45, 7) is 0. The van der Waals surface area contributed by atoms with Gasteiger partial charge in [-0.3, -0.25) is 9.59 Å². The largest absolute Gasteiger partial charge is 0.289 e. The first-order chi connectivity index (χ1) is 12.6. The molecule has 0 N–H and O–H groups in total. The molecule has 1 aliphatic rings. The second-order valence-electron chi connectivity index (χ2n) is 5.95. The van der Waals surface area contributed by atoms with Gasteiger partial charge >= 0.3 is 0 Å². The molecule has 0 spiro atoms. The van der Waals surface area contributed by atoms with Crippen molar-refractivity contribution in [1.29, 1.82) is 0 Å². The summed E-state index contributed by atoms with van der Waals surface area (Å²) in [6.07, 6.45) is 0. The minimum absolute atomic E-state index is 0.141. The van der Waals surface area contributed by atoms with Crippen molar-refractivity contribution in [2.75, 3.05) is 0 Å². The molecule has 3 aromatic rings. The molecule has 0 saturated heterocycles. The lowest BCUT2D eigenvalue weighted by molar-refractivity contribution is 0.101. The Kier molecular flexibility index (Phi) is 4.47. The number of Topliss-reactive ketones (excluding diaryl/α,β-unsaturated/α-hetero) is 2. The lowest BCUT2D eigenvalue weighted by Crippen LogP contribution is -2.21. The molecule has 0 bridgehead atoms. The molecule has 2 nitrogen and oxygen atoms in total. The van der Waals surface area contributed by atoms with Crippen LogP contribution < -0.4 is 0 Å². The van der Waals surface area contributed by atoms with Crippen molar-refractivity contribution in [3.63, 3.8) is 0 Å². The topological polar surface area (TPSA) is 34.1 Å². The van der Waals surface area contributed by atoms with Crippen molar-refractivity contribution in [3.05, 3.63) is 104 Å². The maximum atomic E-state index is 13.4. The zero-order valence-corrected chi connectivity index (χ0v) is 16.7. The Morgan fingerprint density at radius 2 is 0.885 bits per heavy atom. The van der Waals surface area contributed by atoms with Crippen LogP contribution in [0.5, 0.6) is 0 Å². The van der Waals surface area contributed by atoms with E-state index in [0.29, 0.717) is 22.3 Å². The number of carbonyl (C=O) groups is 2. The van der Waals surface area contributed by atoms with E-state index in [4.69, 9.17) is 0 Å². The number of allylic oxidation sites excluding steroid dienone is 2. The average Bonchev–Trinajstić information content (AvgIpc) is 2.67. The van der Waals surface area contributed by atoms with Gasteiger partial charge in [0.2, 0.25) is 0 Å². The second-order valence-corrected chi connectivity index (χ2v) is 7.66. The maximum Gasteiger partial charge on any atom is 0.195 e. The van der Waals surface area contributed by atoms with Crippen molar-refractivity contribution < 1.29 is 9.59 Å². The molecule has 0 aliphatic heterocycles. The number of ketones is 2. The molecule has 0 unspecified atom stereocenters. The zero-order valence-electron chi connectivity index (χ0n) is 13.5. The molecule has 0 aromatic heterocycles. The fourth-order valence-electron chi connectivity index (χ4n) is 3.18. The van der Waals surface area contributed by atoms with Crippen LogP contribution in [-0.2, 0) is 0 Å². The summed E-state index contributed by atoms with van der Waals surface area (Å²) < 4.78 is 1.49. The van der Waals surface area contributed by atoms with Gasteiger partial charge in [0, 0.05) is 31.2 Å². The highest BCUT2D eigenvalue weighted by Crippen LogP contribution is 2.40. The number of halogens is 2. The SMILES string of the molecule is O=C1C(c2ccccc2)=C(c2ccccc2)C(=O)c2cc(Br)c(Br)cc21. The first-order valence-corrected chi connectivity index (χ1v) is 9.60. The fraction of sp³-hybridized carbons (Fsp3) is 0. The van der Waals surface area contributed by atoms with Crippen LogP contribution in [0.2, 0.25) is 0 Å². The predicted octanol–water partition coefficient (Wildman–Crippen LogP) is 6.20. The van der Waals surface area contributed by atoms with Crippen LogP contribution in [0.1, 0.15) is 31.8 Å². The van der Waals surface area contributed by atoms with E-state index in [1.807, 2.05) is 60.7 Å². The molecule has 3 aromatic carbocycles. The molecule has 0 saturated carbocycles. The normalized spacial score (nSPS) is 13.8. The molecule has 0 heterocycles. The van der Waals surface area contributed by atoms with Crippen LogP contribution in [0.4, 0.5) is 0 Å². The summed E-state index contributed by atoms with van der Waals surface area (Å²) in [4.78, 5) is 26.7. The molecule has 126 valence electrons. The van der Waals surface area contributed by atoms with Gasteiger partial charge in [0.05, 0.1) is 0 Å². The molecule has 0 amide bonds. The van der Waals surface area contributed by atoms with E-state index in [2.05, 4.69) is 31.9 Å². The van der Waals surface area contributed by atoms with E-state index in [-0.39, 0.29) is 11.6 Å². The van der Waals surface area contributed by atoms with Gasteiger partial charge in [-0.25, -0.2) is 0 Å². The van der Waals surface area contributed by atoms with E-state index in [1.165, 1.54) is 0 Å². The quantitative estimate of drug-likeness (QED) is 0.449. The van der Waals surface area contributed by atoms with Gasteiger partial charge in [-0.15, -0.1) is 0 Å². The monoisotopic (exact) mass is 466 g/mol. The lowest BCUT2D eigenvalue weighted by Gasteiger charge is -2.22. The number of hydrogen-bond acceptors (Lipinski definition) is 2. The summed E-state index contributed by atoms with van der Waals surface area (Å²) in [5, 5.41) is 0. The number of rotatable bonds is 2. The summed E-state index contributed by atoms with van der Waals surface area (Å²) in [5.41, 5.74) is 3.23. The molecule has 4 heteroatoms. The highest BCUT2D eigenvalue weighted by molar-refractivity contribution is 9.13. The van der Waals surface area contributed by atoms with Gasteiger partial charge in [-0.2, -0.15) is 0 Å². The van der Waals surface area contributed by atoms with E-state index in [0.717, 1.165) is 20.1 Å². The van der Waals surface area contributed by atoms with Crippen LogP contribution in [-0.4, -0.2) is 11.6 Å². The van der Waals surface area contributed by atoms with Gasteiger partial charge in [-0.1, -0.05) is 60.7 Å². The molecule has 0 radical (unpaired) electrons. The van der Waals surface area contributed by atoms with Gasteiger partial charge in [-0.05, 0) is 55.1 Å². The van der Waals surface area contributed by atoms with Crippen LogP contribution >= 0.6 is 31.9 Å². The zero-order chi connectivity index (χ0) is 18.3. The minimum Gasteiger partial charge on any atom is -0.289 e. The minimum atomic E-state index is -0.141. The third-order valence-electron chi connectivity index (χ3n) is 4.38. The van der Waals surface area contributed by atoms with Gasteiger partial charge in [0.25, 0.3) is 0 Å². The number of carbonyl (C=O) groups excluding carboxylic acids is 2. The molecular weight excluding hydrogens is 456 g/mol. The standard InChI is InChI=1S/C22H12Br2O2/c23-17-11-15-16(12-18(17)24)22(26)20(14-9-5-2-6-10-14)19(21(15)25)13-7-3-1-4-8-13/h1-12H. The molecular formula is C22H12Br2O2. The summed E-state index contributed by atoms with van der Waals surface area (Å²) in [7, 11) is 0. The van der Waals surface area contributed by atoms with Gasteiger partial charge in [0.1, 0.15) is 0 Å². The second kappa shape index (κ2) is 6.78. The Morgan fingerprint density at radius 3 is 1.23 bits per heavy atom. The fourth-order valence-corrected chi connectivity index (χ4v) is 3.87. The van der Waals surface area contributed by atoms with Crippen LogP contribution in [0.3, 0.4) is 0 Å². The third-order valence-corrected chi connectivity index (χ3v) is 6.22. The van der Waals surface area contributed by atoms with E-state index in [1.54, 1.807) is 12.1 Å². The molecule has 26 heavy (non-hydrogen) atoms. The molecule has 1 aliphatic carbocycles. The Hall–Kier alpha value is -2.30. The Bertz CT molecular complexity index is 982. The average molecular weight is 468 g/mol. The van der Waals surface area contributed by atoms with Crippen molar-refractivity contribution in [1.82, 2.24) is 0 Å². The molecule has 0 fully saturated rings. The highest BCUT2D eigenvalue weighted by atomic mass is 79.9. The summed E-state index contributed by atoms with van der Waals surface area (Å²) in [5.74, 6) is -0.282. The lowest BCUT2D eigenvalue weighted by atomic mass is 9.79. The van der Waals surface area contributed by atoms with E-state index in [9.17, 15) is 9.59 Å². The third kappa shape index (κ3) is 2.79. The number of hydrogen-bond donors (Lipinski definition) is 0. The first kappa shape index (κ1) is 17.1. The van der Waals surface area contributed by atoms with Gasteiger partial charge in [0.15, 0.2) is 11.6 Å². The molecule has 0 atom stereocenters. The number of benzene rings is 3. The van der Waals surface area contributed by atoms with Crippen LogP contribution in [0.25, 0.3) is 11.1 Å². The molecule has 4 rings (SSSR count). The highest BCUT2D eigenvalue weighted by Gasteiger charge is 2.34. The Labute approximate surface area is 167 Å². The van der Waals surface area contributed by atoms with E-state index >= 15 is 0 Å². The maximum absolute atomic E-state index is 13.4. The van der Waals surface area contributed by atoms with Gasteiger partial charge < -0.3 is 0 Å². The Balaban J connectivity index is 2.06. The van der Waals surface area contributed by atoms with Crippen molar-refractivity contribution in [3.8, 4) is 0 Å². The van der Waals surface area contributed by atoms with Crippen LogP contribution in [0, 0.1) is 0 Å². The van der Waals surface area contributed by atoms with Crippen molar-refractivity contribution in [2.45, 2.75) is 0 Å². The summed E-state index contributed by atoms with van der Waals surface area (Å²) in [6, 6.07) is 22.1. The first-order valence-electron chi connectivity index (χ1n) is 8.01. The van der Waals surface area contributed by atoms with Crippen LogP contribution in [0.15, 0.2) is 81.7 Å². The van der Waals surface area contributed by atoms with E-state index < -0.39 is 0 Å². The van der Waals surface area contributed by atoms with Crippen molar-refractivity contribution in [2.24, 2.45) is 0 Å². The summed E-state index contributed by atoms with van der Waals surface area (Å²) >= 11 is 6.86.